The first kappa shape index (κ1) is 14.8. The maximum Gasteiger partial charge on any atom is 0.273 e. The average molecular weight is 279 g/mol. The fourth-order valence-corrected chi connectivity index (χ4v) is 2.65. The van der Waals surface area contributed by atoms with Gasteiger partial charge in [0.25, 0.3) is 5.91 Å². The van der Waals surface area contributed by atoms with E-state index in [0.717, 1.165) is 31.6 Å². The van der Waals surface area contributed by atoms with Gasteiger partial charge in [-0.15, -0.1) is 0 Å². The lowest BCUT2D eigenvalue weighted by Gasteiger charge is -2.20. The standard InChI is InChI=1S/C14H25N5O/c1-4-11-12(15)13(18-17-11)14(20)16-7-10-5-6-19(8-10)9(2)3/h9-10H,4-8,15H2,1-3H3,(H,16,20)(H,17,18). The van der Waals surface area contributed by atoms with Gasteiger partial charge in [0.2, 0.25) is 0 Å². The van der Waals surface area contributed by atoms with E-state index in [9.17, 15) is 4.79 Å². The van der Waals surface area contributed by atoms with Crippen molar-refractivity contribution in [1.29, 1.82) is 0 Å². The van der Waals surface area contributed by atoms with Crippen molar-refractivity contribution in [3.8, 4) is 0 Å². The number of anilines is 1. The van der Waals surface area contributed by atoms with Crippen LogP contribution in [0.1, 0.15) is 43.4 Å². The number of aromatic amines is 1. The highest BCUT2D eigenvalue weighted by molar-refractivity contribution is 5.97. The van der Waals surface area contributed by atoms with Gasteiger partial charge in [-0.25, -0.2) is 0 Å². The Labute approximate surface area is 120 Å². The monoisotopic (exact) mass is 279 g/mol. The Balaban J connectivity index is 1.85. The molecular formula is C14H25N5O. The summed E-state index contributed by atoms with van der Waals surface area (Å²) in [6.45, 7) is 9.24. The molecule has 1 saturated heterocycles. The summed E-state index contributed by atoms with van der Waals surface area (Å²) >= 11 is 0. The molecule has 1 unspecified atom stereocenters. The van der Waals surface area contributed by atoms with Crippen LogP contribution in [0, 0.1) is 5.92 Å². The van der Waals surface area contributed by atoms with E-state index in [1.54, 1.807) is 0 Å². The number of aryl methyl sites for hydroxylation is 1. The number of nitrogen functional groups attached to an aromatic ring is 1. The van der Waals surface area contributed by atoms with Gasteiger partial charge in [-0.05, 0) is 39.2 Å². The zero-order valence-electron chi connectivity index (χ0n) is 12.6. The first-order chi connectivity index (χ1) is 9.52. The summed E-state index contributed by atoms with van der Waals surface area (Å²) in [5.74, 6) is 0.341. The van der Waals surface area contributed by atoms with Crippen molar-refractivity contribution in [3.05, 3.63) is 11.4 Å². The zero-order valence-corrected chi connectivity index (χ0v) is 12.6. The normalized spacial score (nSPS) is 19.7. The first-order valence-corrected chi connectivity index (χ1v) is 7.37. The van der Waals surface area contributed by atoms with E-state index in [1.807, 2.05) is 6.92 Å². The number of hydrogen-bond donors (Lipinski definition) is 3. The molecule has 1 fully saturated rings. The molecule has 0 spiro atoms. The van der Waals surface area contributed by atoms with E-state index in [-0.39, 0.29) is 5.91 Å². The number of carbonyl (C=O) groups excluding carboxylic acids is 1. The number of aromatic nitrogens is 2. The Bertz CT molecular complexity index is 468. The van der Waals surface area contributed by atoms with Crippen LogP contribution >= 0.6 is 0 Å². The molecule has 2 heterocycles. The Hall–Kier alpha value is -1.56. The number of carbonyl (C=O) groups is 1. The number of nitrogens with one attached hydrogen (secondary N) is 2. The van der Waals surface area contributed by atoms with Crippen molar-refractivity contribution in [2.24, 2.45) is 5.92 Å². The molecule has 2 rings (SSSR count). The van der Waals surface area contributed by atoms with Crippen LogP contribution < -0.4 is 11.1 Å². The van der Waals surface area contributed by atoms with Crippen molar-refractivity contribution in [1.82, 2.24) is 20.4 Å². The van der Waals surface area contributed by atoms with Crippen molar-refractivity contribution in [2.75, 3.05) is 25.4 Å². The largest absolute Gasteiger partial charge is 0.395 e. The maximum atomic E-state index is 12.1. The maximum absolute atomic E-state index is 12.1. The lowest BCUT2D eigenvalue weighted by Crippen LogP contribution is -2.33. The van der Waals surface area contributed by atoms with Gasteiger partial charge in [-0.2, -0.15) is 5.10 Å². The zero-order chi connectivity index (χ0) is 14.7. The molecule has 6 nitrogen and oxygen atoms in total. The summed E-state index contributed by atoms with van der Waals surface area (Å²) in [4.78, 5) is 14.5. The van der Waals surface area contributed by atoms with Crippen LogP contribution in [0.4, 0.5) is 5.69 Å². The molecule has 0 aromatic carbocycles. The van der Waals surface area contributed by atoms with Crippen LogP contribution in [0.15, 0.2) is 0 Å². The highest BCUT2D eigenvalue weighted by Gasteiger charge is 2.25. The molecule has 4 N–H and O–H groups in total. The molecule has 0 bridgehead atoms. The number of amides is 1. The third-order valence-electron chi connectivity index (χ3n) is 4.05. The molecular weight excluding hydrogens is 254 g/mol. The van der Waals surface area contributed by atoms with Crippen LogP contribution in [0.2, 0.25) is 0 Å². The minimum absolute atomic E-state index is 0.179. The van der Waals surface area contributed by atoms with Gasteiger partial charge >= 0.3 is 0 Å². The molecule has 1 amide bonds. The molecule has 6 heteroatoms. The van der Waals surface area contributed by atoms with E-state index in [2.05, 4.69) is 34.3 Å². The van der Waals surface area contributed by atoms with Crippen LogP contribution in [0.3, 0.4) is 0 Å². The molecule has 20 heavy (non-hydrogen) atoms. The number of hydrogen-bond acceptors (Lipinski definition) is 4. The quantitative estimate of drug-likeness (QED) is 0.751. The van der Waals surface area contributed by atoms with Gasteiger partial charge in [-0.3, -0.25) is 9.89 Å². The predicted molar refractivity (Wildman–Crippen MR) is 79.5 cm³/mol. The predicted octanol–water partition coefficient (Wildman–Crippen LogP) is 1.01. The second-order valence-corrected chi connectivity index (χ2v) is 5.77. The third-order valence-corrected chi connectivity index (χ3v) is 4.05. The van der Waals surface area contributed by atoms with Crippen LogP contribution in [0.25, 0.3) is 0 Å². The SMILES string of the molecule is CCc1[nH]nc(C(=O)NCC2CCN(C(C)C)C2)c1N. The Morgan fingerprint density at radius 3 is 2.90 bits per heavy atom. The summed E-state index contributed by atoms with van der Waals surface area (Å²) in [5.41, 5.74) is 7.51. The van der Waals surface area contributed by atoms with Gasteiger partial charge in [0, 0.05) is 19.1 Å². The molecule has 1 aromatic rings. The molecule has 1 aromatic heterocycles. The van der Waals surface area contributed by atoms with Gasteiger partial charge in [0.15, 0.2) is 5.69 Å². The van der Waals surface area contributed by atoms with E-state index in [0.29, 0.717) is 29.9 Å². The lowest BCUT2D eigenvalue weighted by atomic mass is 10.1. The van der Waals surface area contributed by atoms with Crippen molar-refractivity contribution < 1.29 is 4.79 Å². The molecule has 0 aliphatic carbocycles. The van der Waals surface area contributed by atoms with Gasteiger partial charge in [0.05, 0.1) is 11.4 Å². The first-order valence-electron chi connectivity index (χ1n) is 7.37. The number of nitrogens with two attached hydrogens (primary N) is 1. The van der Waals surface area contributed by atoms with Crippen molar-refractivity contribution in [3.63, 3.8) is 0 Å². The molecule has 0 saturated carbocycles. The second-order valence-electron chi connectivity index (χ2n) is 5.77. The van der Waals surface area contributed by atoms with Gasteiger partial charge in [0.1, 0.15) is 0 Å². The summed E-state index contributed by atoms with van der Waals surface area (Å²) in [6.07, 6.45) is 1.88. The molecule has 0 radical (unpaired) electrons. The average Bonchev–Trinajstić information content (AvgIpc) is 3.02. The topological polar surface area (TPSA) is 87.0 Å². The minimum Gasteiger partial charge on any atom is -0.395 e. The minimum atomic E-state index is -0.179. The van der Waals surface area contributed by atoms with Crippen molar-refractivity contribution >= 4 is 11.6 Å². The molecule has 1 atom stereocenters. The summed E-state index contributed by atoms with van der Waals surface area (Å²) in [7, 11) is 0. The van der Waals surface area contributed by atoms with E-state index in [4.69, 9.17) is 5.73 Å². The van der Waals surface area contributed by atoms with E-state index >= 15 is 0 Å². The smallest absolute Gasteiger partial charge is 0.273 e. The highest BCUT2D eigenvalue weighted by atomic mass is 16.1. The second kappa shape index (κ2) is 6.26. The fourth-order valence-electron chi connectivity index (χ4n) is 2.65. The van der Waals surface area contributed by atoms with Gasteiger partial charge < -0.3 is 16.0 Å². The van der Waals surface area contributed by atoms with Crippen LogP contribution in [-0.2, 0) is 6.42 Å². The summed E-state index contributed by atoms with van der Waals surface area (Å²) in [6, 6.07) is 0.574. The fraction of sp³-hybridized carbons (Fsp3) is 0.714. The van der Waals surface area contributed by atoms with Crippen LogP contribution in [-0.4, -0.2) is 46.7 Å². The Kier molecular flexibility index (Phi) is 4.65. The summed E-state index contributed by atoms with van der Waals surface area (Å²) in [5, 5.41) is 9.76. The highest BCUT2D eigenvalue weighted by Crippen LogP contribution is 2.18. The Morgan fingerprint density at radius 2 is 2.35 bits per heavy atom. The molecule has 1 aliphatic rings. The van der Waals surface area contributed by atoms with Crippen molar-refractivity contribution in [2.45, 2.75) is 39.7 Å². The van der Waals surface area contributed by atoms with E-state index in [1.165, 1.54) is 0 Å². The number of nitrogens with zero attached hydrogens (tertiary/aromatic N) is 2. The number of rotatable bonds is 5. The van der Waals surface area contributed by atoms with Crippen LogP contribution in [0.5, 0.6) is 0 Å². The molecule has 112 valence electrons. The third kappa shape index (κ3) is 3.12. The Morgan fingerprint density at radius 1 is 1.60 bits per heavy atom. The van der Waals surface area contributed by atoms with E-state index < -0.39 is 0 Å². The number of H-pyrrole nitrogens is 1. The molecule has 1 aliphatic heterocycles. The van der Waals surface area contributed by atoms with Gasteiger partial charge in [-0.1, -0.05) is 6.92 Å². The number of likely N-dealkylation sites (tertiary alicyclic amines) is 1. The summed E-state index contributed by atoms with van der Waals surface area (Å²) < 4.78 is 0. The lowest BCUT2D eigenvalue weighted by molar-refractivity contribution is 0.0943.